The van der Waals surface area contributed by atoms with Crippen LogP contribution in [0.3, 0.4) is 0 Å². The molecule has 1 unspecified atom stereocenters. The quantitative estimate of drug-likeness (QED) is 0.193. The highest BCUT2D eigenvalue weighted by atomic mass is 32.1. The molecule has 0 saturated carbocycles. The first-order chi connectivity index (χ1) is 26.3. The molecule has 1 aliphatic rings. The van der Waals surface area contributed by atoms with Gasteiger partial charge in [-0.2, -0.15) is 0 Å². The number of fused-ring (bicyclic) bond motifs is 7. The van der Waals surface area contributed by atoms with Crippen molar-refractivity contribution in [2.24, 2.45) is 0 Å². The lowest BCUT2D eigenvalue weighted by Crippen LogP contribution is -2.23. The van der Waals surface area contributed by atoms with Crippen LogP contribution in [0.5, 0.6) is 0 Å². The number of benzene rings is 7. The largest absolute Gasteiger partial charge is 0.455 e. The first-order valence-electron chi connectivity index (χ1n) is 17.6. The standard InChI is InChI=1S/C46H29N5OS/c1-3-14-28(15-4-1)43-48-44(34-22-11-19-31-30-18-7-10-27-39(30)52-40(31)34)50-45(49-43)35-23-12-20-32-33-21-13-24-36(42(33)53-41(32)35)46-47-37-25-8-9-26-38(37)51(46)29-16-5-2-6-17-29/h1-27,46-47H. The topological polar surface area (TPSA) is 67.1 Å². The van der Waals surface area contributed by atoms with Crippen LogP contribution in [0.15, 0.2) is 168 Å². The van der Waals surface area contributed by atoms with Gasteiger partial charge in [0.05, 0.1) is 16.9 Å². The molecule has 0 radical (unpaired) electrons. The molecule has 0 amide bonds. The Balaban J connectivity index is 1.12. The third-order valence-electron chi connectivity index (χ3n) is 10.2. The molecule has 0 spiro atoms. The summed E-state index contributed by atoms with van der Waals surface area (Å²) in [5.74, 6) is 1.81. The predicted octanol–water partition coefficient (Wildman–Crippen LogP) is 12.4. The molecule has 3 aromatic heterocycles. The Morgan fingerprint density at radius 2 is 1.13 bits per heavy atom. The number of furan rings is 1. The second-order valence-electron chi connectivity index (χ2n) is 13.2. The smallest absolute Gasteiger partial charge is 0.167 e. The maximum atomic E-state index is 6.46. The summed E-state index contributed by atoms with van der Waals surface area (Å²) in [6.07, 6.45) is -0.0900. The van der Waals surface area contributed by atoms with Gasteiger partial charge >= 0.3 is 0 Å². The molecule has 0 fully saturated rings. The van der Waals surface area contributed by atoms with Crippen LogP contribution in [0.25, 0.3) is 76.3 Å². The fraction of sp³-hybridized carbons (Fsp3) is 0.0217. The number of nitrogens with one attached hydrogen (secondary N) is 1. The summed E-state index contributed by atoms with van der Waals surface area (Å²) in [6, 6.07) is 56.7. The van der Waals surface area contributed by atoms with E-state index in [0.717, 1.165) is 60.4 Å². The van der Waals surface area contributed by atoms with E-state index in [-0.39, 0.29) is 6.17 Å². The SMILES string of the molecule is c1ccc(-c2nc(-c3cccc4c3oc3ccccc34)nc(-c3cccc4c3sc3c(C5Nc6ccccc6N5c5ccccc5)cccc34)n2)cc1. The van der Waals surface area contributed by atoms with Crippen molar-refractivity contribution in [3.05, 3.63) is 169 Å². The molecule has 250 valence electrons. The molecule has 53 heavy (non-hydrogen) atoms. The first kappa shape index (κ1) is 29.9. The molecule has 7 aromatic carbocycles. The fourth-order valence-electron chi connectivity index (χ4n) is 7.74. The van der Waals surface area contributed by atoms with Crippen LogP contribution < -0.4 is 10.2 Å². The van der Waals surface area contributed by atoms with Crippen LogP contribution >= 0.6 is 11.3 Å². The number of hydrogen-bond acceptors (Lipinski definition) is 7. The summed E-state index contributed by atoms with van der Waals surface area (Å²) in [7, 11) is 0. The Bertz CT molecular complexity index is 3010. The lowest BCUT2D eigenvalue weighted by atomic mass is 10.0. The van der Waals surface area contributed by atoms with Crippen LogP contribution in [0.2, 0.25) is 0 Å². The molecule has 6 nitrogen and oxygen atoms in total. The average molecular weight is 700 g/mol. The summed E-state index contributed by atoms with van der Waals surface area (Å²) >= 11 is 1.80. The van der Waals surface area contributed by atoms with Gasteiger partial charge in [0.25, 0.3) is 0 Å². The van der Waals surface area contributed by atoms with Gasteiger partial charge in [-0.3, -0.25) is 0 Å². The van der Waals surface area contributed by atoms with E-state index >= 15 is 0 Å². The van der Waals surface area contributed by atoms with Crippen LogP contribution in [0.1, 0.15) is 11.7 Å². The predicted molar refractivity (Wildman–Crippen MR) is 218 cm³/mol. The molecule has 1 atom stereocenters. The van der Waals surface area contributed by atoms with Gasteiger partial charge in [0.2, 0.25) is 0 Å². The van der Waals surface area contributed by atoms with Crippen molar-refractivity contribution < 1.29 is 4.42 Å². The zero-order valence-corrected chi connectivity index (χ0v) is 29.1. The second-order valence-corrected chi connectivity index (χ2v) is 14.3. The molecule has 0 aliphatic carbocycles. The van der Waals surface area contributed by atoms with Gasteiger partial charge in [-0.05, 0) is 42.5 Å². The van der Waals surface area contributed by atoms with Crippen molar-refractivity contribution in [1.29, 1.82) is 0 Å². The van der Waals surface area contributed by atoms with Gasteiger partial charge in [0.15, 0.2) is 17.5 Å². The van der Waals surface area contributed by atoms with Gasteiger partial charge < -0.3 is 14.6 Å². The highest BCUT2D eigenvalue weighted by molar-refractivity contribution is 7.26. The van der Waals surface area contributed by atoms with Crippen LogP contribution in [0.4, 0.5) is 17.1 Å². The zero-order valence-electron chi connectivity index (χ0n) is 28.3. The van der Waals surface area contributed by atoms with Crippen molar-refractivity contribution >= 4 is 70.5 Å². The molecule has 7 heteroatoms. The lowest BCUT2D eigenvalue weighted by Gasteiger charge is -2.27. The van der Waals surface area contributed by atoms with E-state index in [4.69, 9.17) is 19.4 Å². The third kappa shape index (κ3) is 4.75. The number of nitrogens with zero attached hydrogens (tertiary/aromatic N) is 4. The highest BCUT2D eigenvalue weighted by Crippen LogP contribution is 2.49. The number of thiophene rings is 1. The Labute approximate surface area is 308 Å². The van der Waals surface area contributed by atoms with Gasteiger partial charge in [-0.1, -0.05) is 121 Å². The molecule has 0 bridgehead atoms. The summed E-state index contributed by atoms with van der Waals surface area (Å²) in [5.41, 5.74) is 8.96. The monoisotopic (exact) mass is 699 g/mol. The van der Waals surface area contributed by atoms with E-state index < -0.39 is 0 Å². The minimum atomic E-state index is -0.0900. The average Bonchev–Trinajstić information content (AvgIpc) is 3.93. The highest BCUT2D eigenvalue weighted by Gasteiger charge is 2.32. The second kappa shape index (κ2) is 11.9. The van der Waals surface area contributed by atoms with Gasteiger partial charge in [0, 0.05) is 53.3 Å². The van der Waals surface area contributed by atoms with Crippen LogP contribution in [-0.2, 0) is 0 Å². The van der Waals surface area contributed by atoms with Crippen molar-refractivity contribution in [2.75, 3.05) is 10.2 Å². The van der Waals surface area contributed by atoms with E-state index in [1.54, 1.807) is 11.3 Å². The summed E-state index contributed by atoms with van der Waals surface area (Å²) in [5, 5.41) is 8.33. The number of anilines is 3. The Morgan fingerprint density at radius 3 is 1.98 bits per heavy atom. The zero-order chi connectivity index (χ0) is 34.9. The minimum absolute atomic E-state index is 0.0900. The van der Waals surface area contributed by atoms with Crippen molar-refractivity contribution in [3.8, 4) is 34.2 Å². The van der Waals surface area contributed by atoms with E-state index in [1.807, 2.05) is 60.7 Å². The third-order valence-corrected chi connectivity index (χ3v) is 11.5. The summed E-state index contributed by atoms with van der Waals surface area (Å²) < 4.78 is 8.82. The van der Waals surface area contributed by atoms with Gasteiger partial charge in [-0.25, -0.2) is 15.0 Å². The maximum Gasteiger partial charge on any atom is 0.167 e. The molecular formula is C46H29N5OS. The molecule has 1 aliphatic heterocycles. The maximum absolute atomic E-state index is 6.46. The minimum Gasteiger partial charge on any atom is -0.455 e. The van der Waals surface area contributed by atoms with E-state index in [2.05, 4.69) is 113 Å². The van der Waals surface area contributed by atoms with Gasteiger partial charge in [-0.15, -0.1) is 11.3 Å². The molecule has 10 aromatic rings. The number of rotatable bonds is 5. The molecular weight excluding hydrogens is 671 g/mol. The Morgan fingerprint density at radius 1 is 0.509 bits per heavy atom. The van der Waals surface area contributed by atoms with E-state index in [0.29, 0.717) is 17.5 Å². The summed E-state index contributed by atoms with van der Waals surface area (Å²) in [4.78, 5) is 17.9. The van der Waals surface area contributed by atoms with Gasteiger partial charge in [0.1, 0.15) is 17.3 Å². The fourth-order valence-corrected chi connectivity index (χ4v) is 9.09. The first-order valence-corrected chi connectivity index (χ1v) is 18.5. The van der Waals surface area contributed by atoms with Crippen LogP contribution in [0, 0.1) is 0 Å². The lowest BCUT2D eigenvalue weighted by molar-refractivity contribution is 0.669. The van der Waals surface area contributed by atoms with Crippen molar-refractivity contribution in [1.82, 2.24) is 15.0 Å². The molecule has 11 rings (SSSR count). The van der Waals surface area contributed by atoms with Crippen LogP contribution in [-0.4, -0.2) is 15.0 Å². The molecule has 4 heterocycles. The normalized spacial score (nSPS) is 14.0. The van der Waals surface area contributed by atoms with E-state index in [1.165, 1.54) is 21.0 Å². The molecule has 0 saturated heterocycles. The number of hydrogen-bond donors (Lipinski definition) is 1. The molecule has 1 N–H and O–H groups in total. The van der Waals surface area contributed by atoms with Crippen molar-refractivity contribution in [2.45, 2.75) is 6.17 Å². The Kier molecular flexibility index (Phi) is 6.69. The number of para-hydroxylation sites is 5. The van der Waals surface area contributed by atoms with Crippen molar-refractivity contribution in [3.63, 3.8) is 0 Å². The Hall–Kier alpha value is -6.83. The van der Waals surface area contributed by atoms with E-state index in [9.17, 15) is 0 Å². The number of aromatic nitrogens is 3. The summed E-state index contributed by atoms with van der Waals surface area (Å²) in [6.45, 7) is 0.